The van der Waals surface area contributed by atoms with Crippen LogP contribution in [0.3, 0.4) is 0 Å². The van der Waals surface area contributed by atoms with Gasteiger partial charge in [0.25, 0.3) is 0 Å². The molecule has 0 aromatic carbocycles. The molecule has 0 saturated heterocycles. The second kappa shape index (κ2) is 3.90. The minimum absolute atomic E-state index is 0.0478. The van der Waals surface area contributed by atoms with E-state index in [-0.39, 0.29) is 5.41 Å². The molecule has 2 fully saturated rings. The summed E-state index contributed by atoms with van der Waals surface area (Å²) in [6.45, 7) is 1.01. The van der Waals surface area contributed by atoms with Crippen molar-refractivity contribution in [3.05, 3.63) is 0 Å². The molecule has 0 amide bonds. The Morgan fingerprint density at radius 3 is 2.43 bits per heavy atom. The van der Waals surface area contributed by atoms with E-state index in [1.165, 1.54) is 32.1 Å². The molecule has 0 heterocycles. The molecule has 0 bridgehead atoms. The maximum absolute atomic E-state index is 9.03. The monoisotopic (exact) mass is 192 g/mol. The Kier molecular flexibility index (Phi) is 2.78. The predicted octanol–water partition coefficient (Wildman–Crippen LogP) is 2.55. The molecular weight excluding hydrogens is 172 g/mol. The van der Waals surface area contributed by atoms with Crippen molar-refractivity contribution < 1.29 is 0 Å². The fraction of sp³-hybridized carbons (Fsp3) is 0.917. The van der Waals surface area contributed by atoms with Crippen LogP contribution < -0.4 is 0 Å². The normalized spacial score (nSPS) is 26.1. The molecule has 2 rings (SSSR count). The van der Waals surface area contributed by atoms with Crippen molar-refractivity contribution in [3.8, 4) is 6.07 Å². The van der Waals surface area contributed by atoms with E-state index in [0.717, 1.165) is 25.4 Å². The Morgan fingerprint density at radius 2 is 1.93 bits per heavy atom. The lowest BCUT2D eigenvalue weighted by atomic mass is 9.93. The molecular formula is C12H20N2. The van der Waals surface area contributed by atoms with E-state index in [2.05, 4.69) is 18.0 Å². The van der Waals surface area contributed by atoms with Gasteiger partial charge in [-0.3, -0.25) is 0 Å². The van der Waals surface area contributed by atoms with E-state index < -0.39 is 0 Å². The van der Waals surface area contributed by atoms with Crippen LogP contribution >= 0.6 is 0 Å². The van der Waals surface area contributed by atoms with Crippen LogP contribution in [0.25, 0.3) is 0 Å². The molecule has 78 valence electrons. The van der Waals surface area contributed by atoms with Crippen LogP contribution in [0.4, 0.5) is 0 Å². The van der Waals surface area contributed by atoms with Crippen molar-refractivity contribution in [2.24, 2.45) is 5.41 Å². The highest BCUT2D eigenvalue weighted by atomic mass is 15.1. The summed E-state index contributed by atoms with van der Waals surface area (Å²) < 4.78 is 0. The first-order valence-electron chi connectivity index (χ1n) is 5.87. The van der Waals surface area contributed by atoms with Crippen LogP contribution in [0.1, 0.15) is 44.9 Å². The Hall–Kier alpha value is -0.550. The van der Waals surface area contributed by atoms with Crippen molar-refractivity contribution in [1.82, 2.24) is 4.90 Å². The highest BCUT2D eigenvalue weighted by Gasteiger charge is 2.44. The number of nitriles is 1. The van der Waals surface area contributed by atoms with Crippen molar-refractivity contribution in [2.75, 3.05) is 13.6 Å². The molecule has 0 atom stereocenters. The number of hydrogen-bond acceptors (Lipinski definition) is 2. The number of rotatable bonds is 3. The van der Waals surface area contributed by atoms with Crippen molar-refractivity contribution in [2.45, 2.75) is 51.0 Å². The van der Waals surface area contributed by atoms with Crippen LogP contribution in [-0.2, 0) is 0 Å². The van der Waals surface area contributed by atoms with Gasteiger partial charge >= 0.3 is 0 Å². The van der Waals surface area contributed by atoms with Gasteiger partial charge < -0.3 is 4.90 Å². The molecule has 0 aliphatic heterocycles. The Balaban J connectivity index is 1.82. The van der Waals surface area contributed by atoms with Crippen molar-refractivity contribution >= 4 is 0 Å². The largest absolute Gasteiger partial charge is 0.302 e. The van der Waals surface area contributed by atoms with Gasteiger partial charge in [0.1, 0.15) is 0 Å². The van der Waals surface area contributed by atoms with Crippen LogP contribution in [0, 0.1) is 16.7 Å². The highest BCUT2D eigenvalue weighted by Crippen LogP contribution is 2.45. The van der Waals surface area contributed by atoms with Gasteiger partial charge in [0.05, 0.1) is 11.5 Å². The zero-order valence-corrected chi connectivity index (χ0v) is 9.13. The zero-order chi connectivity index (χ0) is 10.0. The van der Waals surface area contributed by atoms with Crippen LogP contribution in [0.2, 0.25) is 0 Å². The maximum atomic E-state index is 9.03. The van der Waals surface area contributed by atoms with E-state index in [0.29, 0.717) is 0 Å². The lowest BCUT2D eigenvalue weighted by Crippen LogP contribution is -2.37. The van der Waals surface area contributed by atoms with Crippen molar-refractivity contribution in [3.63, 3.8) is 0 Å². The smallest absolute Gasteiger partial charge is 0.0703 e. The van der Waals surface area contributed by atoms with E-state index >= 15 is 0 Å². The molecule has 2 aliphatic carbocycles. The molecule has 2 aliphatic rings. The summed E-state index contributed by atoms with van der Waals surface area (Å²) >= 11 is 0. The third-order valence-corrected chi connectivity index (χ3v) is 3.84. The first-order chi connectivity index (χ1) is 6.76. The molecule has 0 unspecified atom stereocenters. The highest BCUT2D eigenvalue weighted by molar-refractivity contribution is 5.11. The van der Waals surface area contributed by atoms with Gasteiger partial charge in [0.2, 0.25) is 0 Å². The fourth-order valence-electron chi connectivity index (χ4n) is 2.58. The van der Waals surface area contributed by atoms with Gasteiger partial charge in [0.15, 0.2) is 0 Å². The van der Waals surface area contributed by atoms with Crippen LogP contribution in [0.15, 0.2) is 0 Å². The fourth-order valence-corrected chi connectivity index (χ4v) is 2.58. The quantitative estimate of drug-likeness (QED) is 0.687. The van der Waals surface area contributed by atoms with E-state index in [1.807, 2.05) is 0 Å². The molecule has 0 aromatic heterocycles. The third kappa shape index (κ3) is 2.09. The molecule has 0 N–H and O–H groups in total. The third-order valence-electron chi connectivity index (χ3n) is 3.84. The van der Waals surface area contributed by atoms with E-state index in [1.54, 1.807) is 0 Å². The minimum atomic E-state index is 0.0478. The van der Waals surface area contributed by atoms with E-state index in [9.17, 15) is 0 Å². The van der Waals surface area contributed by atoms with Gasteiger partial charge in [0, 0.05) is 12.6 Å². The molecule has 0 aromatic rings. The average Bonchev–Trinajstić information content (AvgIpc) is 3.00. The molecule has 2 saturated carbocycles. The first kappa shape index (κ1) is 9.98. The van der Waals surface area contributed by atoms with E-state index in [4.69, 9.17) is 5.26 Å². The van der Waals surface area contributed by atoms with Gasteiger partial charge in [-0.25, -0.2) is 0 Å². The summed E-state index contributed by atoms with van der Waals surface area (Å²) in [6.07, 6.45) is 9.12. The van der Waals surface area contributed by atoms with Crippen LogP contribution in [0.5, 0.6) is 0 Å². The summed E-state index contributed by atoms with van der Waals surface area (Å²) in [7, 11) is 2.20. The molecule has 0 spiro atoms. The Morgan fingerprint density at radius 1 is 1.29 bits per heavy atom. The van der Waals surface area contributed by atoms with Crippen molar-refractivity contribution in [1.29, 1.82) is 5.26 Å². The predicted molar refractivity (Wildman–Crippen MR) is 56.8 cm³/mol. The summed E-state index contributed by atoms with van der Waals surface area (Å²) in [5, 5.41) is 9.03. The standard InChI is InChI=1S/C12H20N2/c1-14(10-12(9-13)7-8-12)11-5-3-2-4-6-11/h11H,2-8,10H2,1H3. The van der Waals surface area contributed by atoms with Crippen LogP contribution in [-0.4, -0.2) is 24.5 Å². The number of hydrogen-bond donors (Lipinski definition) is 0. The Bertz CT molecular complexity index is 231. The topological polar surface area (TPSA) is 27.0 Å². The lowest BCUT2D eigenvalue weighted by Gasteiger charge is -2.32. The second-order valence-corrected chi connectivity index (χ2v) is 5.10. The van der Waals surface area contributed by atoms with Gasteiger partial charge in [-0.15, -0.1) is 0 Å². The average molecular weight is 192 g/mol. The second-order valence-electron chi connectivity index (χ2n) is 5.10. The van der Waals surface area contributed by atoms with Gasteiger partial charge in [-0.05, 0) is 32.7 Å². The first-order valence-corrected chi connectivity index (χ1v) is 5.87. The molecule has 0 radical (unpaired) electrons. The SMILES string of the molecule is CN(CC1(C#N)CC1)C1CCCCC1. The van der Waals surface area contributed by atoms with Gasteiger partial charge in [-0.2, -0.15) is 5.26 Å². The molecule has 2 nitrogen and oxygen atoms in total. The molecule has 2 heteroatoms. The summed E-state index contributed by atoms with van der Waals surface area (Å²) in [5.74, 6) is 0. The van der Waals surface area contributed by atoms with Gasteiger partial charge in [-0.1, -0.05) is 19.3 Å². The summed E-state index contributed by atoms with van der Waals surface area (Å²) in [6, 6.07) is 3.24. The number of nitrogens with zero attached hydrogens (tertiary/aromatic N) is 2. The molecule has 14 heavy (non-hydrogen) atoms. The zero-order valence-electron chi connectivity index (χ0n) is 9.13. The lowest BCUT2D eigenvalue weighted by molar-refractivity contribution is 0.173. The Labute approximate surface area is 86.9 Å². The minimum Gasteiger partial charge on any atom is -0.302 e. The summed E-state index contributed by atoms with van der Waals surface area (Å²) in [4.78, 5) is 2.44. The summed E-state index contributed by atoms with van der Waals surface area (Å²) in [5.41, 5.74) is 0.0478. The maximum Gasteiger partial charge on any atom is 0.0703 e.